The van der Waals surface area contributed by atoms with E-state index in [1.54, 1.807) is 19.0 Å². The fourth-order valence-electron chi connectivity index (χ4n) is 1.27. The Kier molecular flexibility index (Phi) is 6.97. The third-order valence-corrected chi connectivity index (χ3v) is 2.29. The molecule has 1 amide bonds. The SMILES string of the molecule is C/C=C(/F)CCNC(=O)/C=C/NN(C)Cc1ncon1. The molecule has 0 aliphatic carbocycles. The lowest BCUT2D eigenvalue weighted by molar-refractivity contribution is -0.116. The Labute approximate surface area is 116 Å². The first-order chi connectivity index (χ1) is 9.61. The fourth-order valence-corrected chi connectivity index (χ4v) is 1.27. The van der Waals surface area contributed by atoms with E-state index in [0.29, 0.717) is 12.4 Å². The van der Waals surface area contributed by atoms with Gasteiger partial charge in [-0.1, -0.05) is 11.2 Å². The van der Waals surface area contributed by atoms with Crippen molar-refractivity contribution >= 4 is 5.91 Å². The lowest BCUT2D eigenvalue weighted by Crippen LogP contribution is -2.30. The largest absolute Gasteiger partial charge is 0.352 e. The highest BCUT2D eigenvalue weighted by molar-refractivity contribution is 5.87. The highest BCUT2D eigenvalue weighted by Gasteiger charge is 2.02. The summed E-state index contributed by atoms with van der Waals surface area (Å²) in [7, 11) is 1.76. The van der Waals surface area contributed by atoms with Crippen molar-refractivity contribution in [3.63, 3.8) is 0 Å². The predicted octanol–water partition coefficient (Wildman–Crippen LogP) is 0.899. The number of hydrazine groups is 1. The molecule has 2 N–H and O–H groups in total. The van der Waals surface area contributed by atoms with Gasteiger partial charge in [-0.25, -0.2) is 9.40 Å². The Hall–Kier alpha value is -2.22. The van der Waals surface area contributed by atoms with Gasteiger partial charge in [0.05, 0.1) is 12.4 Å². The lowest BCUT2D eigenvalue weighted by atomic mass is 10.3. The fraction of sp³-hybridized carbons (Fsp3) is 0.417. The number of carbonyl (C=O) groups is 1. The summed E-state index contributed by atoms with van der Waals surface area (Å²) in [5.41, 5.74) is 2.85. The van der Waals surface area contributed by atoms with Gasteiger partial charge in [0, 0.05) is 32.3 Å². The highest BCUT2D eigenvalue weighted by Crippen LogP contribution is 1.99. The summed E-state index contributed by atoms with van der Waals surface area (Å²) < 4.78 is 17.4. The van der Waals surface area contributed by atoms with E-state index in [4.69, 9.17) is 0 Å². The number of allylic oxidation sites excluding steroid dienone is 1. The summed E-state index contributed by atoms with van der Waals surface area (Å²) in [6.07, 6.45) is 5.61. The van der Waals surface area contributed by atoms with E-state index in [-0.39, 0.29) is 24.7 Å². The van der Waals surface area contributed by atoms with Gasteiger partial charge in [0.2, 0.25) is 12.3 Å². The lowest BCUT2D eigenvalue weighted by Gasteiger charge is -2.13. The summed E-state index contributed by atoms with van der Waals surface area (Å²) in [4.78, 5) is 15.2. The molecule has 0 fully saturated rings. The minimum absolute atomic E-state index is 0.196. The normalized spacial score (nSPS) is 12.1. The smallest absolute Gasteiger partial charge is 0.245 e. The highest BCUT2D eigenvalue weighted by atomic mass is 19.1. The number of hydrogen-bond donors (Lipinski definition) is 2. The van der Waals surface area contributed by atoms with E-state index < -0.39 is 0 Å². The summed E-state index contributed by atoms with van der Waals surface area (Å²) >= 11 is 0. The molecule has 0 saturated carbocycles. The molecular weight excluding hydrogens is 265 g/mol. The van der Waals surface area contributed by atoms with Crippen LogP contribution in [0.3, 0.4) is 0 Å². The van der Waals surface area contributed by atoms with Gasteiger partial charge in [0.1, 0.15) is 0 Å². The molecule has 0 spiro atoms. The Morgan fingerprint density at radius 3 is 3.05 bits per heavy atom. The van der Waals surface area contributed by atoms with Crippen LogP contribution >= 0.6 is 0 Å². The van der Waals surface area contributed by atoms with Crippen LogP contribution in [0.15, 0.2) is 35.1 Å². The molecule has 0 aliphatic heterocycles. The Bertz CT molecular complexity index is 458. The van der Waals surface area contributed by atoms with Crippen molar-refractivity contribution < 1.29 is 13.7 Å². The van der Waals surface area contributed by atoms with Crippen LogP contribution in [0.5, 0.6) is 0 Å². The van der Waals surface area contributed by atoms with Gasteiger partial charge in [-0.3, -0.25) is 4.79 Å². The number of carbonyl (C=O) groups excluding carboxylic acids is 1. The van der Waals surface area contributed by atoms with Crippen LogP contribution in [0.2, 0.25) is 0 Å². The molecule has 1 aromatic rings. The first-order valence-electron chi connectivity index (χ1n) is 6.09. The minimum Gasteiger partial charge on any atom is -0.352 e. The number of aromatic nitrogens is 2. The molecule has 0 radical (unpaired) electrons. The monoisotopic (exact) mass is 283 g/mol. The van der Waals surface area contributed by atoms with E-state index in [2.05, 4.69) is 25.4 Å². The van der Waals surface area contributed by atoms with E-state index in [1.165, 1.54) is 24.7 Å². The molecule has 8 heteroatoms. The Morgan fingerprint density at radius 1 is 1.60 bits per heavy atom. The van der Waals surface area contributed by atoms with Gasteiger partial charge < -0.3 is 15.3 Å². The standard InChI is InChI=1S/C12H18FN5O2/c1-3-10(13)4-6-14-12(19)5-7-16-18(2)8-11-15-9-20-17-11/h3,5,7,9,16H,4,6,8H2,1-2H3,(H,14,19)/b7-5+,10-3+. The van der Waals surface area contributed by atoms with Gasteiger partial charge >= 0.3 is 0 Å². The first-order valence-corrected chi connectivity index (χ1v) is 6.09. The number of nitrogens with zero attached hydrogens (tertiary/aromatic N) is 3. The minimum atomic E-state index is -0.297. The second-order valence-corrected chi connectivity index (χ2v) is 3.94. The number of nitrogens with one attached hydrogen (secondary N) is 2. The molecule has 110 valence electrons. The maximum atomic E-state index is 12.8. The van der Waals surface area contributed by atoms with Crippen LogP contribution in [0.4, 0.5) is 4.39 Å². The number of amides is 1. The zero-order chi connectivity index (χ0) is 14.8. The van der Waals surface area contributed by atoms with Crippen LogP contribution in [0.25, 0.3) is 0 Å². The van der Waals surface area contributed by atoms with Gasteiger partial charge in [-0.05, 0) is 6.92 Å². The summed E-state index contributed by atoms with van der Waals surface area (Å²) in [6.45, 7) is 2.30. The average Bonchev–Trinajstić information content (AvgIpc) is 2.91. The summed E-state index contributed by atoms with van der Waals surface area (Å²) in [5.74, 6) is -0.0127. The van der Waals surface area contributed by atoms with Crippen molar-refractivity contribution in [3.8, 4) is 0 Å². The quantitative estimate of drug-likeness (QED) is 0.545. The van der Waals surface area contributed by atoms with Gasteiger partial charge in [-0.2, -0.15) is 4.98 Å². The van der Waals surface area contributed by atoms with Crippen LogP contribution in [-0.4, -0.2) is 34.6 Å². The number of hydrogen-bond acceptors (Lipinski definition) is 6. The number of halogens is 1. The van der Waals surface area contributed by atoms with Crippen LogP contribution in [0, 0.1) is 0 Å². The molecule has 1 aromatic heterocycles. The molecule has 20 heavy (non-hydrogen) atoms. The topological polar surface area (TPSA) is 83.3 Å². The molecule has 7 nitrogen and oxygen atoms in total. The Balaban J connectivity index is 2.18. The van der Waals surface area contributed by atoms with Crippen LogP contribution < -0.4 is 10.7 Å². The maximum absolute atomic E-state index is 12.8. The van der Waals surface area contributed by atoms with Crippen molar-refractivity contribution in [2.75, 3.05) is 13.6 Å². The average molecular weight is 283 g/mol. The molecule has 0 saturated heterocycles. The van der Waals surface area contributed by atoms with Gasteiger partial charge in [0.15, 0.2) is 5.82 Å². The zero-order valence-corrected chi connectivity index (χ0v) is 11.5. The molecule has 1 rings (SSSR count). The van der Waals surface area contributed by atoms with Crippen molar-refractivity contribution in [2.45, 2.75) is 19.9 Å². The molecular formula is C12H18FN5O2. The first kappa shape index (κ1) is 15.8. The van der Waals surface area contributed by atoms with Crippen LogP contribution in [0.1, 0.15) is 19.2 Å². The molecule has 0 bridgehead atoms. The van der Waals surface area contributed by atoms with Crippen molar-refractivity contribution in [1.29, 1.82) is 0 Å². The van der Waals surface area contributed by atoms with Crippen LogP contribution in [-0.2, 0) is 11.3 Å². The van der Waals surface area contributed by atoms with Crippen molar-refractivity contribution in [3.05, 3.63) is 36.4 Å². The molecule has 0 unspecified atom stereocenters. The van der Waals surface area contributed by atoms with E-state index >= 15 is 0 Å². The van der Waals surface area contributed by atoms with E-state index in [9.17, 15) is 9.18 Å². The summed E-state index contributed by atoms with van der Waals surface area (Å²) in [5, 5.41) is 7.89. The molecule has 0 atom stereocenters. The maximum Gasteiger partial charge on any atom is 0.245 e. The molecule has 0 aliphatic rings. The molecule has 0 aromatic carbocycles. The van der Waals surface area contributed by atoms with E-state index in [1.807, 2.05) is 0 Å². The third-order valence-electron chi connectivity index (χ3n) is 2.29. The van der Waals surface area contributed by atoms with E-state index in [0.717, 1.165) is 0 Å². The molecule has 1 heterocycles. The predicted molar refractivity (Wildman–Crippen MR) is 70.5 cm³/mol. The second kappa shape index (κ2) is 8.81. The third kappa shape index (κ3) is 6.64. The number of rotatable bonds is 8. The van der Waals surface area contributed by atoms with Crippen molar-refractivity contribution in [2.24, 2.45) is 0 Å². The second-order valence-electron chi connectivity index (χ2n) is 3.94. The van der Waals surface area contributed by atoms with Gasteiger partial charge in [-0.15, -0.1) is 0 Å². The summed E-state index contributed by atoms with van der Waals surface area (Å²) in [6, 6.07) is 0. The van der Waals surface area contributed by atoms with Gasteiger partial charge in [0.25, 0.3) is 0 Å². The zero-order valence-electron chi connectivity index (χ0n) is 11.5. The van der Waals surface area contributed by atoms with Crippen molar-refractivity contribution in [1.82, 2.24) is 25.9 Å². The Morgan fingerprint density at radius 2 is 2.40 bits per heavy atom.